The number of nitrogens with zero attached hydrogens (tertiary/aromatic N) is 5. The van der Waals surface area contributed by atoms with Gasteiger partial charge >= 0.3 is 12.4 Å². The van der Waals surface area contributed by atoms with Crippen LogP contribution in [0.2, 0.25) is 0 Å². The van der Waals surface area contributed by atoms with Gasteiger partial charge in [0.1, 0.15) is 12.1 Å². The standard InChI is InChI=1S/C31H29F3N6O3S/c1-3-6-22-7-4-5-8-26(22)40-27(41)18-44-30(40)37-29(42)36-20(2)17-21-9-11-23(12-10-21)28-35-19-39(38-28)24-13-15-25(16-14-24)43-31(32,33)34/h4-5,7-16,19-20H,3,6,17-18H2,1-2H3,(H,36,42)/b37-30-. The van der Waals surface area contributed by atoms with E-state index in [9.17, 15) is 22.8 Å². The molecule has 1 unspecified atom stereocenters. The predicted molar refractivity (Wildman–Crippen MR) is 163 cm³/mol. The Hall–Kier alpha value is -4.65. The number of alkyl halides is 3. The van der Waals surface area contributed by atoms with Crippen molar-refractivity contribution >= 4 is 34.6 Å². The van der Waals surface area contributed by atoms with Crippen LogP contribution in [0.5, 0.6) is 5.75 Å². The van der Waals surface area contributed by atoms with Crippen LogP contribution in [0.15, 0.2) is 84.1 Å². The molecule has 4 aromatic rings. The number of halogens is 3. The lowest BCUT2D eigenvalue weighted by Crippen LogP contribution is -2.35. The number of carbonyl (C=O) groups is 2. The maximum atomic E-state index is 12.8. The molecule has 2 heterocycles. The van der Waals surface area contributed by atoms with Crippen LogP contribution in [0.25, 0.3) is 17.1 Å². The summed E-state index contributed by atoms with van der Waals surface area (Å²) in [5, 5.41) is 7.68. The molecule has 3 amide bonds. The van der Waals surface area contributed by atoms with Crippen LogP contribution in [0.4, 0.5) is 23.7 Å². The van der Waals surface area contributed by atoms with Gasteiger partial charge in [-0.25, -0.2) is 14.5 Å². The van der Waals surface area contributed by atoms with Gasteiger partial charge in [-0.3, -0.25) is 9.69 Å². The number of amides is 3. The topological polar surface area (TPSA) is 102 Å². The van der Waals surface area contributed by atoms with Crippen molar-refractivity contribution in [3.63, 3.8) is 0 Å². The number of benzene rings is 3. The maximum Gasteiger partial charge on any atom is 0.573 e. The first-order valence-corrected chi connectivity index (χ1v) is 14.9. The minimum absolute atomic E-state index is 0.106. The lowest BCUT2D eigenvalue weighted by Gasteiger charge is -2.20. The minimum atomic E-state index is -4.76. The van der Waals surface area contributed by atoms with E-state index in [2.05, 4.69) is 32.1 Å². The fourth-order valence-corrected chi connectivity index (χ4v) is 5.59. The van der Waals surface area contributed by atoms with Crippen molar-refractivity contribution in [2.45, 2.75) is 45.5 Å². The summed E-state index contributed by atoms with van der Waals surface area (Å²) in [4.78, 5) is 35.6. The molecule has 0 radical (unpaired) electrons. The molecule has 1 saturated heterocycles. The quantitative estimate of drug-likeness (QED) is 0.227. The number of aromatic nitrogens is 3. The largest absolute Gasteiger partial charge is 0.573 e. The number of hydrogen-bond acceptors (Lipinski definition) is 6. The van der Waals surface area contributed by atoms with E-state index in [0.29, 0.717) is 23.1 Å². The average Bonchev–Trinajstić information content (AvgIpc) is 3.61. The molecular weight excluding hydrogens is 593 g/mol. The number of aryl methyl sites for hydroxylation is 1. The molecule has 0 aliphatic carbocycles. The van der Waals surface area contributed by atoms with Crippen molar-refractivity contribution in [3.05, 3.63) is 90.3 Å². The van der Waals surface area contributed by atoms with Gasteiger partial charge in [0.15, 0.2) is 11.0 Å². The van der Waals surface area contributed by atoms with Gasteiger partial charge in [-0.1, -0.05) is 67.6 Å². The second-order valence-corrected chi connectivity index (χ2v) is 11.0. The molecule has 1 aliphatic rings. The highest BCUT2D eigenvalue weighted by atomic mass is 32.2. The van der Waals surface area contributed by atoms with Crippen LogP contribution in [-0.4, -0.2) is 50.0 Å². The third-order valence-electron chi connectivity index (χ3n) is 6.67. The zero-order chi connectivity index (χ0) is 31.3. The van der Waals surface area contributed by atoms with Gasteiger partial charge < -0.3 is 10.1 Å². The van der Waals surface area contributed by atoms with Crippen molar-refractivity contribution in [2.75, 3.05) is 10.7 Å². The van der Waals surface area contributed by atoms with Gasteiger partial charge in [0, 0.05) is 11.6 Å². The normalized spacial score (nSPS) is 15.1. The number of aliphatic imine (C=N–C) groups is 1. The highest BCUT2D eigenvalue weighted by molar-refractivity contribution is 8.15. The molecule has 1 aliphatic heterocycles. The molecule has 0 saturated carbocycles. The van der Waals surface area contributed by atoms with Crippen molar-refractivity contribution in [2.24, 2.45) is 4.99 Å². The second-order valence-electron chi connectivity index (χ2n) is 10.1. The summed E-state index contributed by atoms with van der Waals surface area (Å²) in [6.45, 7) is 3.95. The third-order valence-corrected chi connectivity index (χ3v) is 7.59. The lowest BCUT2D eigenvalue weighted by molar-refractivity contribution is -0.274. The van der Waals surface area contributed by atoms with E-state index in [4.69, 9.17) is 0 Å². The fraction of sp³-hybridized carbons (Fsp3) is 0.258. The summed E-state index contributed by atoms with van der Waals surface area (Å²) in [6, 6.07) is 19.8. The first-order chi connectivity index (χ1) is 21.1. The smallest absolute Gasteiger partial charge is 0.406 e. The highest BCUT2D eigenvalue weighted by Gasteiger charge is 2.32. The summed E-state index contributed by atoms with van der Waals surface area (Å²) < 4.78 is 42.6. The molecule has 228 valence electrons. The van der Waals surface area contributed by atoms with E-state index in [1.165, 1.54) is 51.9 Å². The Kier molecular flexibility index (Phi) is 9.33. The Bertz CT molecular complexity index is 1660. The number of amidine groups is 1. The Balaban J connectivity index is 1.19. The first kappa shape index (κ1) is 30.8. The summed E-state index contributed by atoms with van der Waals surface area (Å²) in [7, 11) is 0. The second kappa shape index (κ2) is 13.3. The highest BCUT2D eigenvalue weighted by Crippen LogP contribution is 2.30. The number of nitrogens with one attached hydrogen (secondary N) is 1. The monoisotopic (exact) mass is 622 g/mol. The van der Waals surface area contributed by atoms with Gasteiger partial charge in [0.2, 0.25) is 5.91 Å². The van der Waals surface area contributed by atoms with Gasteiger partial charge in [-0.15, -0.1) is 18.3 Å². The molecule has 3 aromatic carbocycles. The summed E-state index contributed by atoms with van der Waals surface area (Å²) >= 11 is 1.25. The van der Waals surface area contributed by atoms with Gasteiger partial charge in [0.25, 0.3) is 0 Å². The lowest BCUT2D eigenvalue weighted by atomic mass is 10.1. The van der Waals surface area contributed by atoms with Gasteiger partial charge in [-0.05, 0) is 61.2 Å². The van der Waals surface area contributed by atoms with Gasteiger partial charge in [-0.2, -0.15) is 4.99 Å². The van der Waals surface area contributed by atoms with Gasteiger partial charge in [0.05, 0.1) is 17.1 Å². The molecule has 44 heavy (non-hydrogen) atoms. The number of thioether (sulfide) groups is 1. The van der Waals surface area contributed by atoms with Crippen molar-refractivity contribution in [1.29, 1.82) is 0 Å². The number of ether oxygens (including phenoxy) is 1. The van der Waals surface area contributed by atoms with Crippen molar-refractivity contribution < 1.29 is 27.5 Å². The Labute approximate surface area is 256 Å². The number of anilines is 1. The number of urea groups is 1. The molecule has 1 fully saturated rings. The zero-order valence-electron chi connectivity index (χ0n) is 23.9. The maximum absolute atomic E-state index is 12.8. The Morgan fingerprint density at radius 2 is 1.82 bits per heavy atom. The van der Waals surface area contributed by atoms with Crippen LogP contribution in [0.3, 0.4) is 0 Å². The number of para-hydroxylation sites is 1. The minimum Gasteiger partial charge on any atom is -0.406 e. The van der Waals surface area contributed by atoms with E-state index < -0.39 is 12.4 Å². The van der Waals surface area contributed by atoms with Crippen LogP contribution in [-0.2, 0) is 17.6 Å². The summed E-state index contributed by atoms with van der Waals surface area (Å²) in [6.07, 6.45) is -0.998. The molecule has 1 atom stereocenters. The SMILES string of the molecule is CCCc1ccccc1N1C(=O)CS/C1=N\C(=O)NC(C)Cc1ccc(-c2ncn(-c3ccc(OC(F)(F)F)cc3)n2)cc1. The number of hydrogen-bond donors (Lipinski definition) is 1. The van der Waals surface area contributed by atoms with E-state index in [1.807, 2.05) is 55.5 Å². The molecule has 0 spiro atoms. The molecule has 1 N–H and O–H groups in total. The number of rotatable bonds is 9. The van der Waals surface area contributed by atoms with E-state index in [0.717, 1.165) is 35.2 Å². The van der Waals surface area contributed by atoms with Crippen LogP contribution in [0, 0.1) is 0 Å². The molecule has 0 bridgehead atoms. The Morgan fingerprint density at radius 3 is 2.52 bits per heavy atom. The molecule has 13 heteroatoms. The first-order valence-electron chi connectivity index (χ1n) is 13.9. The van der Waals surface area contributed by atoms with Crippen LogP contribution in [0.1, 0.15) is 31.4 Å². The average molecular weight is 623 g/mol. The van der Waals surface area contributed by atoms with E-state index in [-0.39, 0.29) is 23.5 Å². The molecule has 5 rings (SSSR count). The number of carbonyl (C=O) groups excluding carboxylic acids is 2. The summed E-state index contributed by atoms with van der Waals surface area (Å²) in [5.74, 6) is 0.242. The van der Waals surface area contributed by atoms with Crippen LogP contribution >= 0.6 is 11.8 Å². The zero-order valence-corrected chi connectivity index (χ0v) is 24.7. The van der Waals surface area contributed by atoms with Crippen LogP contribution < -0.4 is 15.0 Å². The van der Waals surface area contributed by atoms with Crippen molar-refractivity contribution in [3.8, 4) is 22.8 Å². The molecule has 9 nitrogen and oxygen atoms in total. The molecule has 1 aromatic heterocycles. The third kappa shape index (κ3) is 7.64. The van der Waals surface area contributed by atoms with Crippen molar-refractivity contribution in [1.82, 2.24) is 20.1 Å². The summed E-state index contributed by atoms with van der Waals surface area (Å²) in [5.41, 5.74) is 4.04. The van der Waals surface area contributed by atoms with E-state index in [1.54, 1.807) is 0 Å². The molecular formula is C31H29F3N6O3S. The van der Waals surface area contributed by atoms with E-state index >= 15 is 0 Å². The predicted octanol–water partition coefficient (Wildman–Crippen LogP) is 6.56. The fourth-order valence-electron chi connectivity index (χ4n) is 4.74. The Morgan fingerprint density at radius 1 is 1.09 bits per heavy atom.